The van der Waals surface area contributed by atoms with Crippen LogP contribution in [0.3, 0.4) is 0 Å². The summed E-state index contributed by atoms with van der Waals surface area (Å²) in [5.41, 5.74) is 1.02. The predicted molar refractivity (Wildman–Crippen MR) is 65.5 cm³/mol. The first-order valence-corrected chi connectivity index (χ1v) is 6.69. The number of anilines is 1. The van der Waals surface area contributed by atoms with Crippen LogP contribution in [0.4, 0.5) is 5.82 Å². The lowest BCUT2D eigenvalue weighted by molar-refractivity contribution is 0.599. The Balaban J connectivity index is 2.43. The van der Waals surface area contributed by atoms with Crippen molar-refractivity contribution in [2.24, 2.45) is 7.05 Å². The molecule has 0 atom stereocenters. The van der Waals surface area contributed by atoms with Gasteiger partial charge in [0, 0.05) is 19.4 Å². The van der Waals surface area contributed by atoms with E-state index in [1.54, 1.807) is 20.9 Å². The maximum absolute atomic E-state index is 12.2. The van der Waals surface area contributed by atoms with Crippen molar-refractivity contribution < 1.29 is 8.42 Å². The van der Waals surface area contributed by atoms with Crippen LogP contribution in [0.1, 0.15) is 11.4 Å². The Kier molecular flexibility index (Phi) is 3.04. The Bertz CT molecular complexity index is 663. The zero-order valence-electron chi connectivity index (χ0n) is 10.2. The molecule has 0 amide bonds. The van der Waals surface area contributed by atoms with Gasteiger partial charge >= 0.3 is 0 Å². The molecule has 0 fully saturated rings. The molecule has 0 spiro atoms. The van der Waals surface area contributed by atoms with Crippen molar-refractivity contribution in [3.63, 3.8) is 0 Å². The maximum atomic E-state index is 12.2. The van der Waals surface area contributed by atoms with E-state index in [0.717, 1.165) is 0 Å². The van der Waals surface area contributed by atoms with Crippen molar-refractivity contribution in [1.82, 2.24) is 19.7 Å². The summed E-state index contributed by atoms with van der Waals surface area (Å²) in [6.45, 7) is 3.35. The molecule has 0 saturated carbocycles. The van der Waals surface area contributed by atoms with E-state index in [2.05, 4.69) is 19.8 Å². The van der Waals surface area contributed by atoms with Gasteiger partial charge in [-0.3, -0.25) is 14.4 Å². The monoisotopic (exact) mass is 267 g/mol. The largest absolute Gasteiger partial charge is 0.271 e. The first-order valence-electron chi connectivity index (χ1n) is 5.21. The third kappa shape index (κ3) is 2.19. The Morgan fingerprint density at radius 1 is 1.28 bits per heavy atom. The first kappa shape index (κ1) is 12.5. The number of sulfonamides is 1. The minimum absolute atomic E-state index is 0.177. The molecule has 1 N–H and O–H groups in total. The van der Waals surface area contributed by atoms with Crippen molar-refractivity contribution in [3.8, 4) is 0 Å². The predicted octanol–water partition coefficient (Wildman–Crippen LogP) is 0.628. The average molecular weight is 267 g/mol. The van der Waals surface area contributed by atoms with Crippen LogP contribution in [0.25, 0.3) is 0 Å². The lowest BCUT2D eigenvalue weighted by atomic mass is 10.4. The van der Waals surface area contributed by atoms with Crippen molar-refractivity contribution in [3.05, 3.63) is 30.0 Å². The van der Waals surface area contributed by atoms with Gasteiger partial charge in [0.1, 0.15) is 4.90 Å². The van der Waals surface area contributed by atoms with Gasteiger partial charge in [0.25, 0.3) is 10.0 Å². The minimum Gasteiger partial charge on any atom is -0.271 e. The van der Waals surface area contributed by atoms with Crippen LogP contribution in [0.15, 0.2) is 23.5 Å². The summed E-state index contributed by atoms with van der Waals surface area (Å²) in [5.74, 6) is 0.181. The molecular formula is C10H13N5O2S. The van der Waals surface area contributed by atoms with E-state index in [1.165, 1.54) is 23.3 Å². The Morgan fingerprint density at radius 3 is 2.50 bits per heavy atom. The smallest absolute Gasteiger partial charge is 0.266 e. The highest BCUT2D eigenvalue weighted by Crippen LogP contribution is 2.20. The number of aryl methyl sites for hydroxylation is 2. The number of hydrogen-bond donors (Lipinski definition) is 1. The number of nitrogens with zero attached hydrogens (tertiary/aromatic N) is 4. The van der Waals surface area contributed by atoms with Gasteiger partial charge in [0.15, 0.2) is 5.82 Å². The summed E-state index contributed by atoms with van der Waals surface area (Å²) >= 11 is 0. The Hall–Kier alpha value is -1.96. The van der Waals surface area contributed by atoms with Crippen molar-refractivity contribution in [2.45, 2.75) is 18.7 Å². The first-order chi connectivity index (χ1) is 8.42. The van der Waals surface area contributed by atoms with Crippen LogP contribution in [-0.2, 0) is 17.1 Å². The average Bonchev–Trinajstić information content (AvgIpc) is 2.54. The van der Waals surface area contributed by atoms with Gasteiger partial charge in [-0.05, 0) is 13.8 Å². The molecule has 0 aliphatic rings. The fraction of sp³-hybridized carbons (Fsp3) is 0.300. The molecule has 0 aliphatic carbocycles. The summed E-state index contributed by atoms with van der Waals surface area (Å²) in [6.07, 6.45) is 4.23. The van der Waals surface area contributed by atoms with Gasteiger partial charge in [-0.2, -0.15) is 5.10 Å². The van der Waals surface area contributed by atoms with Crippen molar-refractivity contribution >= 4 is 15.8 Å². The van der Waals surface area contributed by atoms with E-state index in [4.69, 9.17) is 0 Å². The Morgan fingerprint density at radius 2 is 2.00 bits per heavy atom. The second-order valence-electron chi connectivity index (χ2n) is 3.82. The van der Waals surface area contributed by atoms with Gasteiger partial charge in [-0.15, -0.1) is 0 Å². The molecule has 8 heteroatoms. The molecule has 2 rings (SSSR count). The van der Waals surface area contributed by atoms with E-state index in [-0.39, 0.29) is 10.7 Å². The molecule has 18 heavy (non-hydrogen) atoms. The lowest BCUT2D eigenvalue weighted by Gasteiger charge is -2.06. The third-order valence-corrected chi connectivity index (χ3v) is 4.12. The Labute approximate surface area is 105 Å². The fourth-order valence-electron chi connectivity index (χ4n) is 1.68. The van der Waals surface area contributed by atoms with Crippen LogP contribution in [-0.4, -0.2) is 28.2 Å². The molecule has 0 aliphatic heterocycles. The van der Waals surface area contributed by atoms with E-state index in [0.29, 0.717) is 11.4 Å². The molecule has 7 nitrogen and oxygen atoms in total. The standard InChI is InChI=1S/C10H13N5O2S/c1-7-10(8(2)15(3)13-7)18(16,17)14-9-6-11-4-5-12-9/h4-6H,1-3H3,(H,12,14). The molecule has 0 unspecified atom stereocenters. The third-order valence-electron chi connectivity index (χ3n) is 2.51. The molecule has 96 valence electrons. The zero-order chi connectivity index (χ0) is 13.3. The molecule has 2 aromatic rings. The molecule has 2 heterocycles. The van der Waals surface area contributed by atoms with Crippen LogP contribution >= 0.6 is 0 Å². The lowest BCUT2D eigenvalue weighted by Crippen LogP contribution is -2.15. The van der Waals surface area contributed by atoms with Crippen LogP contribution < -0.4 is 4.72 Å². The van der Waals surface area contributed by atoms with E-state index >= 15 is 0 Å². The molecule has 0 aromatic carbocycles. The van der Waals surface area contributed by atoms with Crippen molar-refractivity contribution in [2.75, 3.05) is 4.72 Å². The number of aromatic nitrogens is 4. The highest BCUT2D eigenvalue weighted by atomic mass is 32.2. The van der Waals surface area contributed by atoms with Gasteiger partial charge in [0.2, 0.25) is 0 Å². The summed E-state index contributed by atoms with van der Waals surface area (Å²) < 4.78 is 28.4. The summed E-state index contributed by atoms with van der Waals surface area (Å²) in [6, 6.07) is 0. The minimum atomic E-state index is -3.69. The second kappa shape index (κ2) is 4.37. The summed E-state index contributed by atoms with van der Waals surface area (Å²) in [5, 5.41) is 4.08. The molecule has 0 saturated heterocycles. The highest BCUT2D eigenvalue weighted by molar-refractivity contribution is 7.92. The quantitative estimate of drug-likeness (QED) is 0.880. The number of rotatable bonds is 3. The SMILES string of the molecule is Cc1nn(C)c(C)c1S(=O)(=O)Nc1cnccn1. The van der Waals surface area contributed by atoms with E-state index < -0.39 is 10.0 Å². The number of nitrogens with one attached hydrogen (secondary N) is 1. The molecule has 0 radical (unpaired) electrons. The molecule has 2 aromatic heterocycles. The van der Waals surface area contributed by atoms with Crippen LogP contribution in [0.2, 0.25) is 0 Å². The summed E-state index contributed by atoms with van der Waals surface area (Å²) in [7, 11) is -1.99. The van der Waals surface area contributed by atoms with E-state index in [1.807, 2.05) is 0 Å². The van der Waals surface area contributed by atoms with Gasteiger partial charge in [-0.1, -0.05) is 0 Å². The normalized spacial score (nSPS) is 11.5. The number of hydrogen-bond acceptors (Lipinski definition) is 5. The van der Waals surface area contributed by atoms with Gasteiger partial charge in [-0.25, -0.2) is 13.4 Å². The van der Waals surface area contributed by atoms with Crippen molar-refractivity contribution in [1.29, 1.82) is 0 Å². The topological polar surface area (TPSA) is 89.8 Å². The zero-order valence-corrected chi connectivity index (χ0v) is 11.1. The summed E-state index contributed by atoms with van der Waals surface area (Å²) in [4.78, 5) is 7.85. The van der Waals surface area contributed by atoms with Crippen LogP contribution in [0, 0.1) is 13.8 Å². The van der Waals surface area contributed by atoms with E-state index in [9.17, 15) is 8.42 Å². The van der Waals surface area contributed by atoms with Gasteiger partial charge in [0.05, 0.1) is 17.6 Å². The second-order valence-corrected chi connectivity index (χ2v) is 5.44. The highest BCUT2D eigenvalue weighted by Gasteiger charge is 2.24. The van der Waals surface area contributed by atoms with Crippen LogP contribution in [0.5, 0.6) is 0 Å². The fourth-order valence-corrected chi connectivity index (χ4v) is 3.12. The molecule has 0 bridgehead atoms. The maximum Gasteiger partial charge on any atom is 0.266 e. The molecular weight excluding hydrogens is 254 g/mol. The van der Waals surface area contributed by atoms with Gasteiger partial charge < -0.3 is 0 Å².